The minimum atomic E-state index is -0.513. The molecule has 0 saturated carbocycles. The first-order chi connectivity index (χ1) is 16.1. The van der Waals surface area contributed by atoms with Crippen molar-refractivity contribution in [2.45, 2.75) is 31.7 Å². The third-order valence-corrected chi connectivity index (χ3v) is 5.36. The lowest BCUT2D eigenvalue weighted by atomic mass is 9.89. The monoisotopic (exact) mass is 442 g/mol. The van der Waals surface area contributed by atoms with Crippen LogP contribution in [-0.2, 0) is 9.53 Å². The third-order valence-electron chi connectivity index (χ3n) is 5.36. The van der Waals surface area contributed by atoms with Gasteiger partial charge in [0.25, 0.3) is 0 Å². The fourth-order valence-electron chi connectivity index (χ4n) is 3.79. The number of allylic oxidation sites excluding steroid dienone is 1. The van der Waals surface area contributed by atoms with E-state index in [2.05, 4.69) is 35.6 Å². The summed E-state index contributed by atoms with van der Waals surface area (Å²) in [6.07, 6.45) is 6.22. The lowest BCUT2D eigenvalue weighted by Crippen LogP contribution is -2.31. The van der Waals surface area contributed by atoms with Gasteiger partial charge in [-0.15, -0.1) is 13.2 Å². The Hall–Kier alpha value is -3.86. The summed E-state index contributed by atoms with van der Waals surface area (Å²) in [6.45, 7) is 9.80. The van der Waals surface area contributed by atoms with Gasteiger partial charge in [-0.1, -0.05) is 54.6 Å². The van der Waals surface area contributed by atoms with Gasteiger partial charge in [0.1, 0.15) is 11.8 Å². The summed E-state index contributed by atoms with van der Waals surface area (Å²) in [7, 11) is 0. The summed E-state index contributed by atoms with van der Waals surface area (Å²) < 4.78 is 5.23. The molecule has 0 aliphatic rings. The van der Waals surface area contributed by atoms with Gasteiger partial charge >= 0.3 is 5.97 Å². The van der Waals surface area contributed by atoms with E-state index in [1.807, 2.05) is 48.5 Å². The molecule has 1 heterocycles. The Kier molecular flexibility index (Phi) is 8.42. The summed E-state index contributed by atoms with van der Waals surface area (Å²) in [6, 6.07) is 19.1. The summed E-state index contributed by atoms with van der Waals surface area (Å²) >= 11 is 0. The minimum Gasteiger partial charge on any atom is -0.506 e. The van der Waals surface area contributed by atoms with Crippen LogP contribution in [0, 0.1) is 0 Å². The number of para-hydroxylation sites is 1. The standard InChI is InChI=1S/C28H30N2O3/c1-4-10-23(25-17-16-22(31)19-29-25)20-12-9-13-21(18-20)24-14-7-8-15-26(24)30-27(11-5-2)28(32)33-6-3/h4-5,7-9,12-19,23,27,30-31H,1-2,6,10-11H2,3H3. The van der Waals surface area contributed by atoms with Crippen molar-refractivity contribution in [1.82, 2.24) is 4.98 Å². The van der Waals surface area contributed by atoms with Crippen LogP contribution in [-0.4, -0.2) is 28.7 Å². The van der Waals surface area contributed by atoms with Gasteiger partial charge in [-0.05, 0) is 49.1 Å². The van der Waals surface area contributed by atoms with Gasteiger partial charge in [-0.3, -0.25) is 4.98 Å². The van der Waals surface area contributed by atoms with Crippen LogP contribution in [0.4, 0.5) is 5.69 Å². The van der Waals surface area contributed by atoms with Crippen molar-refractivity contribution in [3.63, 3.8) is 0 Å². The number of nitrogens with zero attached hydrogens (tertiary/aromatic N) is 1. The molecule has 0 fully saturated rings. The number of carbonyl (C=O) groups is 1. The number of nitrogens with one attached hydrogen (secondary N) is 1. The molecule has 3 rings (SSSR count). The van der Waals surface area contributed by atoms with Crippen LogP contribution in [0.1, 0.15) is 36.9 Å². The van der Waals surface area contributed by atoms with Crippen molar-refractivity contribution in [1.29, 1.82) is 0 Å². The van der Waals surface area contributed by atoms with E-state index in [0.717, 1.165) is 28.1 Å². The van der Waals surface area contributed by atoms with E-state index >= 15 is 0 Å². The number of hydrogen-bond donors (Lipinski definition) is 2. The fraction of sp³-hybridized carbons (Fsp3) is 0.214. The lowest BCUT2D eigenvalue weighted by Gasteiger charge is -2.20. The van der Waals surface area contributed by atoms with E-state index in [0.29, 0.717) is 19.4 Å². The van der Waals surface area contributed by atoms with Gasteiger partial charge in [0, 0.05) is 22.9 Å². The number of benzene rings is 2. The van der Waals surface area contributed by atoms with E-state index < -0.39 is 6.04 Å². The number of carbonyl (C=O) groups excluding carboxylic acids is 1. The highest BCUT2D eigenvalue weighted by atomic mass is 16.5. The maximum absolute atomic E-state index is 12.4. The van der Waals surface area contributed by atoms with Gasteiger partial charge < -0.3 is 15.2 Å². The second kappa shape index (κ2) is 11.7. The Morgan fingerprint density at radius 1 is 1.09 bits per heavy atom. The first kappa shape index (κ1) is 23.8. The first-order valence-corrected chi connectivity index (χ1v) is 11.1. The average molecular weight is 443 g/mol. The normalized spacial score (nSPS) is 12.4. The van der Waals surface area contributed by atoms with E-state index in [4.69, 9.17) is 4.74 Å². The highest BCUT2D eigenvalue weighted by Crippen LogP contribution is 2.34. The molecule has 5 nitrogen and oxygen atoms in total. The second-order valence-corrected chi connectivity index (χ2v) is 7.66. The number of aromatic hydroxyl groups is 1. The van der Waals surface area contributed by atoms with Crippen LogP contribution in [0.25, 0.3) is 11.1 Å². The van der Waals surface area contributed by atoms with Gasteiger partial charge in [-0.2, -0.15) is 0 Å². The van der Waals surface area contributed by atoms with Crippen LogP contribution in [0.5, 0.6) is 5.75 Å². The van der Waals surface area contributed by atoms with E-state index in [-0.39, 0.29) is 17.6 Å². The third kappa shape index (κ3) is 6.10. The number of rotatable bonds is 11. The second-order valence-electron chi connectivity index (χ2n) is 7.66. The molecule has 0 spiro atoms. The Bertz CT molecular complexity index is 1090. The number of esters is 1. The van der Waals surface area contributed by atoms with Crippen LogP contribution < -0.4 is 5.32 Å². The van der Waals surface area contributed by atoms with Crippen LogP contribution in [0.2, 0.25) is 0 Å². The molecule has 1 aromatic heterocycles. The predicted molar refractivity (Wildman–Crippen MR) is 133 cm³/mol. The topological polar surface area (TPSA) is 71.5 Å². The molecule has 0 saturated heterocycles. The maximum Gasteiger partial charge on any atom is 0.328 e. The molecule has 0 bridgehead atoms. The molecule has 5 heteroatoms. The molecule has 0 aliphatic heterocycles. The zero-order valence-electron chi connectivity index (χ0n) is 18.9. The average Bonchev–Trinajstić information content (AvgIpc) is 2.83. The van der Waals surface area contributed by atoms with Gasteiger partial charge in [0.2, 0.25) is 0 Å². The highest BCUT2D eigenvalue weighted by Gasteiger charge is 2.20. The maximum atomic E-state index is 12.4. The molecule has 0 aliphatic carbocycles. The lowest BCUT2D eigenvalue weighted by molar-refractivity contribution is -0.143. The van der Waals surface area contributed by atoms with Crippen molar-refractivity contribution < 1.29 is 14.6 Å². The van der Waals surface area contributed by atoms with Crippen LogP contribution >= 0.6 is 0 Å². The molecule has 3 aromatic rings. The van der Waals surface area contributed by atoms with Gasteiger partial charge in [0.05, 0.1) is 12.8 Å². The fourth-order valence-corrected chi connectivity index (χ4v) is 3.79. The quantitative estimate of drug-likeness (QED) is 0.278. The van der Waals surface area contributed by atoms with Gasteiger partial charge in [0.15, 0.2) is 0 Å². The van der Waals surface area contributed by atoms with Crippen molar-refractivity contribution in [3.05, 3.63) is 103 Å². The number of ether oxygens (including phenoxy) is 1. The summed E-state index contributed by atoms with van der Waals surface area (Å²) in [5.74, 6) is -0.151. The molecule has 2 atom stereocenters. The number of pyridine rings is 1. The zero-order valence-corrected chi connectivity index (χ0v) is 18.9. The largest absolute Gasteiger partial charge is 0.506 e. The molecule has 0 radical (unpaired) electrons. The van der Waals surface area contributed by atoms with Crippen LogP contribution in [0.3, 0.4) is 0 Å². The molecule has 2 aromatic carbocycles. The molecular weight excluding hydrogens is 412 g/mol. The Labute approximate surface area is 195 Å². The molecule has 0 amide bonds. The molecule has 2 unspecified atom stereocenters. The van der Waals surface area contributed by atoms with E-state index in [1.165, 1.54) is 6.20 Å². The van der Waals surface area contributed by atoms with Crippen molar-refractivity contribution >= 4 is 11.7 Å². The van der Waals surface area contributed by atoms with Crippen LogP contribution in [0.15, 0.2) is 92.2 Å². The van der Waals surface area contributed by atoms with Gasteiger partial charge in [-0.25, -0.2) is 4.79 Å². The van der Waals surface area contributed by atoms with Crippen molar-refractivity contribution in [2.75, 3.05) is 11.9 Å². The molecular formula is C28H30N2O3. The Morgan fingerprint density at radius 2 is 1.88 bits per heavy atom. The summed E-state index contributed by atoms with van der Waals surface area (Å²) in [5, 5.41) is 13.0. The Balaban J connectivity index is 1.97. The number of aromatic nitrogens is 1. The minimum absolute atomic E-state index is 0.0104. The predicted octanol–water partition coefficient (Wildman–Crippen LogP) is 6.08. The zero-order chi connectivity index (χ0) is 23.6. The first-order valence-electron chi connectivity index (χ1n) is 11.1. The molecule has 170 valence electrons. The highest BCUT2D eigenvalue weighted by molar-refractivity contribution is 5.84. The van der Waals surface area contributed by atoms with Crippen molar-refractivity contribution in [3.8, 4) is 16.9 Å². The molecule has 2 N–H and O–H groups in total. The van der Waals surface area contributed by atoms with E-state index in [1.54, 1.807) is 19.1 Å². The summed E-state index contributed by atoms with van der Waals surface area (Å²) in [4.78, 5) is 16.8. The molecule has 33 heavy (non-hydrogen) atoms. The number of anilines is 1. The SMILES string of the molecule is C=CCC(Nc1ccccc1-c1cccc(C(CC=C)c2ccc(O)cn2)c1)C(=O)OCC. The van der Waals surface area contributed by atoms with E-state index in [9.17, 15) is 9.90 Å². The smallest absolute Gasteiger partial charge is 0.328 e. The summed E-state index contributed by atoms with van der Waals surface area (Å²) in [5.41, 5.74) is 4.80. The Morgan fingerprint density at radius 3 is 2.58 bits per heavy atom. The van der Waals surface area contributed by atoms with Crippen molar-refractivity contribution in [2.24, 2.45) is 0 Å². The number of hydrogen-bond acceptors (Lipinski definition) is 5.